The molecule has 1 saturated heterocycles. The highest BCUT2D eigenvalue weighted by Crippen LogP contribution is 2.29. The van der Waals surface area contributed by atoms with Gasteiger partial charge in [-0.3, -0.25) is 4.90 Å². The molecule has 24 heavy (non-hydrogen) atoms. The summed E-state index contributed by atoms with van der Waals surface area (Å²) in [6.07, 6.45) is 3.37. The molecule has 0 radical (unpaired) electrons. The largest absolute Gasteiger partial charge is 0.444 e. The maximum absolute atomic E-state index is 12.2. The highest BCUT2D eigenvalue weighted by atomic mass is 35.5. The van der Waals surface area contributed by atoms with Crippen molar-refractivity contribution < 1.29 is 9.53 Å². The Morgan fingerprint density at radius 2 is 1.71 bits per heavy atom. The third kappa shape index (κ3) is 5.69. The molecular formula is C17H23Cl3N2O2. The summed E-state index contributed by atoms with van der Waals surface area (Å²) < 4.78 is 5.36. The molecule has 1 aliphatic heterocycles. The summed E-state index contributed by atoms with van der Waals surface area (Å²) in [4.78, 5) is 16.3. The number of rotatable bonds is 6. The molecule has 0 spiro atoms. The molecule has 0 bridgehead atoms. The molecule has 1 amide bonds. The first kappa shape index (κ1) is 19.6. The minimum atomic E-state index is -0.328. The van der Waals surface area contributed by atoms with Gasteiger partial charge in [0.15, 0.2) is 0 Å². The quantitative estimate of drug-likeness (QED) is 0.631. The van der Waals surface area contributed by atoms with E-state index in [1.165, 1.54) is 19.3 Å². The second-order valence-corrected chi connectivity index (χ2v) is 7.19. The molecule has 0 saturated carbocycles. The lowest BCUT2D eigenvalue weighted by Crippen LogP contribution is -2.48. The van der Waals surface area contributed by atoms with Crippen LogP contribution in [0.2, 0.25) is 15.1 Å². The molecule has 1 aromatic carbocycles. The third-order valence-corrected chi connectivity index (χ3v) is 5.05. The fourth-order valence-electron chi connectivity index (χ4n) is 2.67. The zero-order chi connectivity index (χ0) is 17.5. The lowest BCUT2D eigenvalue weighted by Gasteiger charge is -2.34. The van der Waals surface area contributed by atoms with Crippen molar-refractivity contribution in [3.05, 3.63) is 32.8 Å². The van der Waals surface area contributed by atoms with E-state index in [1.807, 2.05) is 0 Å². The van der Waals surface area contributed by atoms with Crippen LogP contribution in [-0.4, -0.2) is 48.6 Å². The molecular weight excluding hydrogens is 371 g/mol. The second kappa shape index (κ2) is 9.71. The molecule has 4 nitrogen and oxygen atoms in total. The number of hydrogen-bond acceptors (Lipinski definition) is 3. The molecule has 0 unspecified atom stereocenters. The van der Waals surface area contributed by atoms with E-state index in [0.29, 0.717) is 33.7 Å². The number of ether oxygens (including phenoxy) is 1. The summed E-state index contributed by atoms with van der Waals surface area (Å²) >= 11 is 18.1. The Labute approximate surface area is 158 Å². The van der Waals surface area contributed by atoms with Crippen molar-refractivity contribution in [3.63, 3.8) is 0 Å². The Kier molecular flexibility index (Phi) is 7.95. The van der Waals surface area contributed by atoms with Crippen molar-refractivity contribution in [1.82, 2.24) is 9.80 Å². The van der Waals surface area contributed by atoms with E-state index in [1.54, 1.807) is 17.0 Å². The number of halogens is 3. The van der Waals surface area contributed by atoms with E-state index in [9.17, 15) is 4.79 Å². The van der Waals surface area contributed by atoms with Crippen molar-refractivity contribution in [2.45, 2.75) is 32.8 Å². The molecule has 1 heterocycles. The Morgan fingerprint density at radius 3 is 2.29 bits per heavy atom. The number of hydrogen-bond donors (Lipinski definition) is 0. The lowest BCUT2D eigenvalue weighted by molar-refractivity contribution is 0.0713. The van der Waals surface area contributed by atoms with E-state index in [-0.39, 0.29) is 12.7 Å². The molecule has 0 aromatic heterocycles. The van der Waals surface area contributed by atoms with E-state index in [0.717, 1.165) is 19.6 Å². The van der Waals surface area contributed by atoms with E-state index in [2.05, 4.69) is 11.8 Å². The van der Waals surface area contributed by atoms with Gasteiger partial charge in [-0.1, -0.05) is 54.6 Å². The fraction of sp³-hybridized carbons (Fsp3) is 0.588. The zero-order valence-corrected chi connectivity index (χ0v) is 16.1. The minimum Gasteiger partial charge on any atom is -0.444 e. The predicted molar refractivity (Wildman–Crippen MR) is 99.2 cm³/mol. The molecule has 2 rings (SSSR count). The van der Waals surface area contributed by atoms with E-state index >= 15 is 0 Å². The minimum absolute atomic E-state index is 0.0460. The monoisotopic (exact) mass is 392 g/mol. The van der Waals surface area contributed by atoms with Crippen LogP contribution in [0.15, 0.2) is 12.1 Å². The number of carbonyl (C=O) groups excluding carboxylic acids is 1. The van der Waals surface area contributed by atoms with Gasteiger partial charge in [0.2, 0.25) is 0 Å². The highest BCUT2D eigenvalue weighted by molar-refractivity contribution is 6.39. The Hall–Kier alpha value is -0.680. The van der Waals surface area contributed by atoms with E-state index in [4.69, 9.17) is 39.5 Å². The summed E-state index contributed by atoms with van der Waals surface area (Å²) in [6.45, 7) is 6.51. The normalized spacial score (nSPS) is 15.6. The number of carbonyl (C=O) groups is 1. The van der Waals surface area contributed by atoms with Gasteiger partial charge in [-0.15, -0.1) is 0 Å². The lowest BCUT2D eigenvalue weighted by atomic mass is 10.2. The number of amides is 1. The van der Waals surface area contributed by atoms with Gasteiger partial charge in [-0.05, 0) is 25.1 Å². The number of benzene rings is 1. The Balaban J connectivity index is 1.78. The van der Waals surface area contributed by atoms with Crippen LogP contribution in [-0.2, 0) is 11.3 Å². The topological polar surface area (TPSA) is 32.8 Å². The standard InChI is InChI=1S/C17H23Cl3N2O2/c1-2-3-4-5-21-6-8-22(9-7-21)17(23)24-12-14-15(19)10-13(18)11-16(14)20/h10-11H,2-9,12H2,1H3. The van der Waals surface area contributed by atoms with E-state index < -0.39 is 0 Å². The summed E-state index contributed by atoms with van der Waals surface area (Å²) in [5, 5.41) is 1.27. The first-order chi connectivity index (χ1) is 11.5. The second-order valence-electron chi connectivity index (χ2n) is 5.94. The molecule has 0 atom stereocenters. The molecule has 0 aliphatic carbocycles. The van der Waals surface area contributed by atoms with Crippen LogP contribution in [0.1, 0.15) is 31.7 Å². The first-order valence-electron chi connectivity index (χ1n) is 8.28. The van der Waals surface area contributed by atoms with Crippen molar-refractivity contribution in [3.8, 4) is 0 Å². The van der Waals surface area contributed by atoms with Crippen molar-refractivity contribution >= 4 is 40.9 Å². The van der Waals surface area contributed by atoms with Gasteiger partial charge in [-0.2, -0.15) is 0 Å². The third-order valence-electron chi connectivity index (χ3n) is 4.15. The summed E-state index contributed by atoms with van der Waals surface area (Å²) in [6, 6.07) is 3.18. The van der Waals surface area contributed by atoms with Crippen molar-refractivity contribution in [2.24, 2.45) is 0 Å². The van der Waals surface area contributed by atoms with Crippen LogP contribution >= 0.6 is 34.8 Å². The van der Waals surface area contributed by atoms with Crippen molar-refractivity contribution in [2.75, 3.05) is 32.7 Å². The first-order valence-corrected chi connectivity index (χ1v) is 9.42. The average Bonchev–Trinajstić information content (AvgIpc) is 2.54. The van der Waals surface area contributed by atoms with Gasteiger partial charge < -0.3 is 9.64 Å². The smallest absolute Gasteiger partial charge is 0.410 e. The number of unbranched alkanes of at least 4 members (excludes halogenated alkanes) is 2. The maximum atomic E-state index is 12.2. The van der Waals surface area contributed by atoms with Crippen LogP contribution in [0.25, 0.3) is 0 Å². The summed E-state index contributed by atoms with van der Waals surface area (Å²) in [5.41, 5.74) is 0.578. The number of piperazine rings is 1. The van der Waals surface area contributed by atoms with Gasteiger partial charge in [-0.25, -0.2) is 4.79 Å². The van der Waals surface area contributed by atoms with Crippen LogP contribution in [0.5, 0.6) is 0 Å². The summed E-state index contributed by atoms with van der Waals surface area (Å²) in [5.74, 6) is 0. The SMILES string of the molecule is CCCCCN1CCN(C(=O)OCc2c(Cl)cc(Cl)cc2Cl)CC1. The summed E-state index contributed by atoms with van der Waals surface area (Å²) in [7, 11) is 0. The predicted octanol–water partition coefficient (Wildman–Crippen LogP) is 5.09. The van der Waals surface area contributed by atoms with Gasteiger partial charge in [0.05, 0.1) is 10.0 Å². The molecule has 0 N–H and O–H groups in total. The maximum Gasteiger partial charge on any atom is 0.410 e. The van der Waals surface area contributed by atoms with Gasteiger partial charge in [0.1, 0.15) is 6.61 Å². The molecule has 1 aliphatic rings. The molecule has 134 valence electrons. The molecule has 1 fully saturated rings. The van der Waals surface area contributed by atoms with Crippen LogP contribution in [0.3, 0.4) is 0 Å². The number of nitrogens with zero attached hydrogens (tertiary/aromatic N) is 2. The van der Waals surface area contributed by atoms with Crippen LogP contribution < -0.4 is 0 Å². The van der Waals surface area contributed by atoms with Crippen LogP contribution in [0, 0.1) is 0 Å². The fourth-order valence-corrected chi connectivity index (χ4v) is 3.60. The zero-order valence-electron chi connectivity index (χ0n) is 13.9. The van der Waals surface area contributed by atoms with Crippen LogP contribution in [0.4, 0.5) is 4.79 Å². The molecule has 1 aromatic rings. The van der Waals surface area contributed by atoms with Gasteiger partial charge in [0, 0.05) is 36.8 Å². The van der Waals surface area contributed by atoms with Crippen molar-refractivity contribution in [1.29, 1.82) is 0 Å². The average molecular weight is 394 g/mol. The Bertz CT molecular complexity index is 538. The molecule has 7 heteroatoms. The Morgan fingerprint density at radius 1 is 1.08 bits per heavy atom. The van der Waals surface area contributed by atoms with Gasteiger partial charge in [0.25, 0.3) is 0 Å². The highest BCUT2D eigenvalue weighted by Gasteiger charge is 2.22. The van der Waals surface area contributed by atoms with Gasteiger partial charge >= 0.3 is 6.09 Å².